The van der Waals surface area contributed by atoms with Crippen LogP contribution in [-0.4, -0.2) is 92.8 Å². The third-order valence-corrected chi connectivity index (χ3v) is 6.01. The second kappa shape index (κ2) is 21.6. The predicted molar refractivity (Wildman–Crippen MR) is 125 cm³/mol. The largest absolute Gasteiger partial charge is 0.395 e. The Morgan fingerprint density at radius 1 is 0.548 bits per heavy atom. The number of aliphatic hydroxyl groups excluding tert-OH is 6. The van der Waals surface area contributed by atoms with Crippen LogP contribution in [0.1, 0.15) is 96.8 Å². The summed E-state index contributed by atoms with van der Waals surface area (Å²) in [5, 5.41) is 57.3. The van der Waals surface area contributed by atoms with Gasteiger partial charge in [-0.25, -0.2) is 0 Å². The normalized spacial score (nSPS) is 15.9. The van der Waals surface area contributed by atoms with Gasteiger partial charge in [-0.3, -0.25) is 4.90 Å². The number of rotatable bonds is 23. The number of hydrogen-bond donors (Lipinski definition) is 6. The van der Waals surface area contributed by atoms with Crippen LogP contribution < -0.4 is 0 Å². The van der Waals surface area contributed by atoms with E-state index in [1.165, 1.54) is 77.0 Å². The lowest BCUT2D eigenvalue weighted by atomic mass is 10.0. The molecule has 0 radical (unpaired) electrons. The smallest absolute Gasteiger partial charge is 0.111 e. The molecule has 0 heterocycles. The highest BCUT2D eigenvalue weighted by Gasteiger charge is 2.30. The van der Waals surface area contributed by atoms with E-state index < -0.39 is 31.0 Å². The lowest BCUT2D eigenvalue weighted by Crippen LogP contribution is -2.50. The van der Waals surface area contributed by atoms with Gasteiger partial charge in [-0.2, -0.15) is 0 Å². The van der Waals surface area contributed by atoms with Crippen LogP contribution in [0.25, 0.3) is 0 Å². The minimum atomic E-state index is -1.61. The Labute approximate surface area is 190 Å². The molecule has 6 N–H and O–H groups in total. The SMILES string of the molecule is CCCCCCCCCCCCCCCCN(CCO)C[C@H](O)[C@@H](O)[C@H](O)[C@H](O)CO. The average molecular weight is 450 g/mol. The molecule has 0 bridgehead atoms. The van der Waals surface area contributed by atoms with Crippen LogP contribution in [0.5, 0.6) is 0 Å². The summed E-state index contributed by atoms with van der Waals surface area (Å²) in [4.78, 5) is 1.85. The van der Waals surface area contributed by atoms with Crippen LogP contribution in [0, 0.1) is 0 Å². The van der Waals surface area contributed by atoms with Gasteiger partial charge in [-0.15, -0.1) is 0 Å². The molecule has 0 aliphatic carbocycles. The fraction of sp³-hybridized carbons (Fsp3) is 1.00. The van der Waals surface area contributed by atoms with Crippen molar-refractivity contribution in [3.05, 3.63) is 0 Å². The van der Waals surface area contributed by atoms with Crippen LogP contribution in [0.4, 0.5) is 0 Å². The van der Waals surface area contributed by atoms with Crippen molar-refractivity contribution in [2.75, 3.05) is 32.8 Å². The van der Waals surface area contributed by atoms with E-state index in [2.05, 4.69) is 6.92 Å². The van der Waals surface area contributed by atoms with Gasteiger partial charge in [0.2, 0.25) is 0 Å². The lowest BCUT2D eigenvalue weighted by molar-refractivity contribution is -0.119. The Morgan fingerprint density at radius 3 is 1.39 bits per heavy atom. The number of nitrogens with zero attached hydrogens (tertiary/aromatic N) is 1. The maximum absolute atomic E-state index is 10.1. The van der Waals surface area contributed by atoms with Crippen LogP contribution in [0.3, 0.4) is 0 Å². The van der Waals surface area contributed by atoms with E-state index in [1.807, 2.05) is 4.90 Å². The van der Waals surface area contributed by atoms with Gasteiger partial charge in [0.05, 0.1) is 19.3 Å². The summed E-state index contributed by atoms with van der Waals surface area (Å²) in [6, 6.07) is 0. The molecule has 0 saturated heterocycles. The van der Waals surface area contributed by atoms with Crippen molar-refractivity contribution in [1.29, 1.82) is 0 Å². The summed E-state index contributed by atoms with van der Waals surface area (Å²) < 4.78 is 0. The van der Waals surface area contributed by atoms with Crippen molar-refractivity contribution in [2.24, 2.45) is 0 Å². The molecule has 188 valence electrons. The van der Waals surface area contributed by atoms with Gasteiger partial charge in [0.25, 0.3) is 0 Å². The molecule has 0 spiro atoms. The summed E-state index contributed by atoms with van der Waals surface area (Å²) in [5.41, 5.74) is 0. The third-order valence-electron chi connectivity index (χ3n) is 6.01. The fourth-order valence-electron chi connectivity index (χ4n) is 3.90. The van der Waals surface area contributed by atoms with Gasteiger partial charge in [-0.1, -0.05) is 90.4 Å². The van der Waals surface area contributed by atoms with Crippen molar-refractivity contribution in [3.63, 3.8) is 0 Å². The first kappa shape index (κ1) is 30.7. The monoisotopic (exact) mass is 449 g/mol. The summed E-state index contributed by atoms with van der Waals surface area (Å²) in [6.07, 6.45) is 12.0. The van der Waals surface area contributed by atoms with Crippen molar-refractivity contribution in [3.8, 4) is 0 Å². The van der Waals surface area contributed by atoms with Crippen molar-refractivity contribution < 1.29 is 30.6 Å². The molecule has 0 aliphatic heterocycles. The molecule has 0 fully saturated rings. The van der Waals surface area contributed by atoms with Gasteiger partial charge >= 0.3 is 0 Å². The molecule has 0 rings (SSSR count). The van der Waals surface area contributed by atoms with E-state index in [0.29, 0.717) is 13.1 Å². The lowest BCUT2D eigenvalue weighted by Gasteiger charge is -2.30. The highest BCUT2D eigenvalue weighted by molar-refractivity contribution is 4.82. The molecule has 0 aromatic heterocycles. The number of unbranched alkanes of at least 4 members (excludes halogenated alkanes) is 13. The first-order chi connectivity index (χ1) is 15.0. The summed E-state index contributed by atoms with van der Waals surface area (Å²) in [7, 11) is 0. The second-order valence-corrected chi connectivity index (χ2v) is 8.92. The van der Waals surface area contributed by atoms with Crippen molar-refractivity contribution >= 4 is 0 Å². The van der Waals surface area contributed by atoms with Gasteiger partial charge in [0.1, 0.15) is 18.3 Å². The van der Waals surface area contributed by atoms with E-state index in [9.17, 15) is 25.5 Å². The summed E-state index contributed by atoms with van der Waals surface area (Å²) >= 11 is 0. The highest BCUT2D eigenvalue weighted by Crippen LogP contribution is 2.13. The predicted octanol–water partition coefficient (Wildman–Crippen LogP) is 2.20. The highest BCUT2D eigenvalue weighted by atomic mass is 16.4. The third kappa shape index (κ3) is 16.9. The van der Waals surface area contributed by atoms with Gasteiger partial charge in [-0.05, 0) is 13.0 Å². The Bertz CT molecular complexity index is 374. The Kier molecular flexibility index (Phi) is 21.4. The zero-order valence-electron chi connectivity index (χ0n) is 19.9. The second-order valence-electron chi connectivity index (χ2n) is 8.92. The number of aliphatic hydroxyl groups is 6. The van der Waals surface area contributed by atoms with E-state index in [4.69, 9.17) is 5.11 Å². The van der Waals surface area contributed by atoms with Crippen LogP contribution in [0.15, 0.2) is 0 Å². The molecule has 0 amide bonds. The number of hydrogen-bond acceptors (Lipinski definition) is 7. The molecule has 4 atom stereocenters. The summed E-state index contributed by atoms with van der Waals surface area (Å²) in [5.74, 6) is 0. The molecular weight excluding hydrogens is 398 g/mol. The molecule has 7 heteroatoms. The Balaban J connectivity index is 3.77. The maximum atomic E-state index is 10.1. The fourth-order valence-corrected chi connectivity index (χ4v) is 3.90. The van der Waals surface area contributed by atoms with Crippen molar-refractivity contribution in [1.82, 2.24) is 4.90 Å². The molecule has 0 aliphatic rings. The van der Waals surface area contributed by atoms with Crippen LogP contribution in [-0.2, 0) is 0 Å². The zero-order valence-corrected chi connectivity index (χ0v) is 19.9. The molecule has 31 heavy (non-hydrogen) atoms. The molecule has 0 aromatic rings. The van der Waals surface area contributed by atoms with Crippen LogP contribution in [0.2, 0.25) is 0 Å². The minimum Gasteiger partial charge on any atom is -0.395 e. The van der Waals surface area contributed by atoms with Crippen LogP contribution >= 0.6 is 0 Å². The Morgan fingerprint density at radius 2 is 0.968 bits per heavy atom. The van der Waals surface area contributed by atoms with E-state index in [0.717, 1.165) is 12.8 Å². The van der Waals surface area contributed by atoms with Gasteiger partial charge in [0.15, 0.2) is 0 Å². The topological polar surface area (TPSA) is 125 Å². The van der Waals surface area contributed by atoms with E-state index in [1.54, 1.807) is 0 Å². The molecule has 7 nitrogen and oxygen atoms in total. The summed E-state index contributed by atoms with van der Waals surface area (Å²) in [6.45, 7) is 2.67. The average Bonchev–Trinajstić information content (AvgIpc) is 2.77. The van der Waals surface area contributed by atoms with E-state index in [-0.39, 0.29) is 13.2 Å². The maximum Gasteiger partial charge on any atom is 0.111 e. The van der Waals surface area contributed by atoms with Gasteiger partial charge in [0, 0.05) is 13.1 Å². The van der Waals surface area contributed by atoms with E-state index >= 15 is 0 Å². The first-order valence-electron chi connectivity index (χ1n) is 12.6. The Hall–Kier alpha value is -0.280. The first-order valence-corrected chi connectivity index (χ1v) is 12.6. The molecular formula is C24H51NO6. The molecule has 0 saturated carbocycles. The van der Waals surface area contributed by atoms with Gasteiger partial charge < -0.3 is 30.6 Å². The molecule has 0 aromatic carbocycles. The zero-order chi connectivity index (χ0) is 23.3. The molecule has 0 unspecified atom stereocenters. The quantitative estimate of drug-likeness (QED) is 0.132. The minimum absolute atomic E-state index is 0.0523. The van der Waals surface area contributed by atoms with Crippen molar-refractivity contribution in [2.45, 2.75) is 121 Å². The standard InChI is InChI=1S/C24H51NO6/c1-2-3-4-5-6-7-8-9-10-11-12-13-14-15-16-25(17-18-26)19-21(28)23(30)24(31)22(29)20-27/h21-24,26-31H,2-20H2,1H3/t21-,22+,23+,24+/m0/s1.